The Balaban J connectivity index is 2.11. The number of carbonyl (C=O) groups is 2. The van der Waals surface area contributed by atoms with Crippen molar-refractivity contribution in [2.45, 2.75) is 49.6 Å². The highest BCUT2D eigenvalue weighted by Crippen LogP contribution is 2.21. The molecule has 1 fully saturated rings. The first kappa shape index (κ1) is 20.1. The largest absolute Gasteiger partial charge is 0.366 e. The molecule has 2 amide bonds. The third-order valence-corrected chi connectivity index (χ3v) is 6.06. The van der Waals surface area contributed by atoms with E-state index in [1.807, 2.05) is 0 Å². The number of benzene rings is 1. The molecular weight excluding hydrogens is 354 g/mol. The van der Waals surface area contributed by atoms with Crippen molar-refractivity contribution in [1.82, 2.24) is 9.62 Å². The van der Waals surface area contributed by atoms with Gasteiger partial charge in [0.25, 0.3) is 0 Å². The molecule has 0 saturated carbocycles. The van der Waals surface area contributed by atoms with Gasteiger partial charge in [-0.15, -0.1) is 6.58 Å². The number of piperidine rings is 1. The topological polar surface area (TPSA) is 110 Å². The van der Waals surface area contributed by atoms with Gasteiger partial charge in [-0.1, -0.05) is 6.08 Å². The third-order valence-electron chi connectivity index (χ3n) is 4.50. The normalized spacial score (nSPS) is 19.0. The second-order valence-electron chi connectivity index (χ2n) is 6.44. The number of nitrogens with two attached hydrogens (primary N) is 1. The van der Waals surface area contributed by atoms with E-state index in [9.17, 15) is 18.0 Å². The molecule has 26 heavy (non-hydrogen) atoms. The Morgan fingerprint density at radius 2 is 2.00 bits per heavy atom. The van der Waals surface area contributed by atoms with Gasteiger partial charge in [0.15, 0.2) is 0 Å². The summed E-state index contributed by atoms with van der Waals surface area (Å²) >= 11 is 0. The summed E-state index contributed by atoms with van der Waals surface area (Å²) in [4.78, 5) is 25.5. The van der Waals surface area contributed by atoms with E-state index in [4.69, 9.17) is 5.73 Å². The van der Waals surface area contributed by atoms with Crippen molar-refractivity contribution in [1.29, 1.82) is 0 Å². The van der Waals surface area contributed by atoms with Crippen molar-refractivity contribution in [2.75, 3.05) is 6.54 Å². The highest BCUT2D eigenvalue weighted by Gasteiger charge is 2.31. The van der Waals surface area contributed by atoms with E-state index in [1.54, 1.807) is 11.0 Å². The molecule has 0 aliphatic carbocycles. The van der Waals surface area contributed by atoms with Crippen molar-refractivity contribution >= 4 is 21.8 Å². The van der Waals surface area contributed by atoms with E-state index in [1.165, 1.54) is 31.2 Å². The Morgan fingerprint density at radius 1 is 1.35 bits per heavy atom. The Kier molecular flexibility index (Phi) is 6.55. The fourth-order valence-corrected chi connectivity index (χ4v) is 4.32. The van der Waals surface area contributed by atoms with E-state index >= 15 is 0 Å². The quantitative estimate of drug-likeness (QED) is 0.698. The summed E-state index contributed by atoms with van der Waals surface area (Å²) in [6.45, 7) is 5.89. The molecule has 0 spiro atoms. The van der Waals surface area contributed by atoms with Crippen LogP contribution in [0.3, 0.4) is 0 Å². The molecule has 2 atom stereocenters. The maximum absolute atomic E-state index is 12.7. The lowest BCUT2D eigenvalue weighted by Crippen LogP contribution is -2.52. The second kappa shape index (κ2) is 8.46. The van der Waals surface area contributed by atoms with Crippen molar-refractivity contribution in [3.63, 3.8) is 0 Å². The molecule has 1 aliphatic heterocycles. The fourth-order valence-electron chi connectivity index (χ4n) is 3.13. The van der Waals surface area contributed by atoms with Crippen LogP contribution in [0.2, 0.25) is 0 Å². The van der Waals surface area contributed by atoms with Crippen LogP contribution in [-0.2, 0) is 14.8 Å². The van der Waals surface area contributed by atoms with Gasteiger partial charge in [0.1, 0.15) is 0 Å². The Labute approximate surface area is 154 Å². The number of nitrogens with one attached hydrogen (secondary N) is 1. The molecule has 0 aromatic heterocycles. The van der Waals surface area contributed by atoms with Crippen LogP contribution in [0, 0.1) is 0 Å². The van der Waals surface area contributed by atoms with Crippen LogP contribution in [0.4, 0.5) is 0 Å². The third kappa shape index (κ3) is 4.70. The minimum absolute atomic E-state index is 0.0246. The summed E-state index contributed by atoms with van der Waals surface area (Å²) in [7, 11) is -3.89. The Bertz CT molecular complexity index is 774. The number of carbonyl (C=O) groups excluding carboxylic acids is 2. The van der Waals surface area contributed by atoms with Gasteiger partial charge >= 0.3 is 0 Å². The standard InChI is InChI=1S/C18H25N3O4S/c1-3-6-15-7-4-5-12-21(15)18(23)13(2)20-26(24,25)16-10-8-14(9-11-16)17(19)22/h3,8-11,13,15,20H,1,4-7,12H2,2H3,(H2,19,22). The molecular formula is C18H25N3O4S. The number of likely N-dealkylation sites (tertiary alicyclic amines) is 1. The van der Waals surface area contributed by atoms with E-state index < -0.39 is 22.0 Å². The Morgan fingerprint density at radius 3 is 2.58 bits per heavy atom. The van der Waals surface area contributed by atoms with Crippen molar-refractivity contribution < 1.29 is 18.0 Å². The first-order valence-electron chi connectivity index (χ1n) is 8.60. The first-order chi connectivity index (χ1) is 12.3. The molecule has 1 aromatic carbocycles. The summed E-state index contributed by atoms with van der Waals surface area (Å²) in [5.74, 6) is -0.877. The molecule has 2 unspecified atom stereocenters. The molecule has 0 bridgehead atoms. The SMILES string of the molecule is C=CCC1CCCCN1C(=O)C(C)NS(=O)(=O)c1ccc(C(N)=O)cc1. The number of primary amides is 1. The number of amides is 2. The lowest BCUT2D eigenvalue weighted by molar-refractivity contribution is -0.136. The molecule has 1 aromatic rings. The highest BCUT2D eigenvalue weighted by atomic mass is 32.2. The number of nitrogens with zero attached hydrogens (tertiary/aromatic N) is 1. The van der Waals surface area contributed by atoms with Crippen LogP contribution in [0.15, 0.2) is 41.8 Å². The molecule has 142 valence electrons. The minimum atomic E-state index is -3.89. The zero-order valence-electron chi connectivity index (χ0n) is 14.8. The summed E-state index contributed by atoms with van der Waals surface area (Å²) in [5, 5.41) is 0. The van der Waals surface area contributed by atoms with Gasteiger partial charge in [-0.05, 0) is 56.9 Å². The Hall–Kier alpha value is -2.19. The fraction of sp³-hybridized carbons (Fsp3) is 0.444. The molecule has 1 aliphatic rings. The maximum atomic E-state index is 12.7. The van der Waals surface area contributed by atoms with Crippen LogP contribution < -0.4 is 10.5 Å². The molecule has 3 N–H and O–H groups in total. The van der Waals surface area contributed by atoms with Crippen molar-refractivity contribution in [2.24, 2.45) is 5.73 Å². The van der Waals surface area contributed by atoms with E-state index in [0.29, 0.717) is 13.0 Å². The zero-order chi connectivity index (χ0) is 19.3. The van der Waals surface area contributed by atoms with Gasteiger partial charge < -0.3 is 10.6 Å². The van der Waals surface area contributed by atoms with Gasteiger partial charge in [-0.3, -0.25) is 9.59 Å². The number of hydrogen-bond donors (Lipinski definition) is 2. The molecule has 7 nitrogen and oxygen atoms in total. The van der Waals surface area contributed by atoms with Gasteiger partial charge in [0, 0.05) is 18.2 Å². The van der Waals surface area contributed by atoms with Crippen LogP contribution in [0.5, 0.6) is 0 Å². The number of sulfonamides is 1. The lowest BCUT2D eigenvalue weighted by atomic mass is 9.98. The van der Waals surface area contributed by atoms with Crippen LogP contribution >= 0.6 is 0 Å². The molecule has 1 heterocycles. The zero-order valence-corrected chi connectivity index (χ0v) is 15.7. The first-order valence-corrected chi connectivity index (χ1v) is 10.1. The monoisotopic (exact) mass is 379 g/mol. The van der Waals surface area contributed by atoms with Crippen LogP contribution in [-0.4, -0.2) is 43.8 Å². The van der Waals surface area contributed by atoms with Crippen LogP contribution in [0.25, 0.3) is 0 Å². The lowest BCUT2D eigenvalue weighted by Gasteiger charge is -2.37. The average molecular weight is 379 g/mol. The van der Waals surface area contributed by atoms with Gasteiger partial charge in [-0.2, -0.15) is 4.72 Å². The highest BCUT2D eigenvalue weighted by molar-refractivity contribution is 7.89. The molecule has 8 heteroatoms. The van der Waals surface area contributed by atoms with Crippen molar-refractivity contribution in [3.8, 4) is 0 Å². The predicted molar refractivity (Wildman–Crippen MR) is 98.9 cm³/mol. The number of rotatable bonds is 7. The van der Waals surface area contributed by atoms with Gasteiger partial charge in [0.05, 0.1) is 10.9 Å². The molecule has 1 saturated heterocycles. The summed E-state index contributed by atoms with van der Waals surface area (Å²) < 4.78 is 27.4. The predicted octanol–water partition coefficient (Wildman–Crippen LogP) is 1.41. The van der Waals surface area contributed by atoms with Gasteiger partial charge in [-0.25, -0.2) is 8.42 Å². The molecule has 0 radical (unpaired) electrons. The van der Waals surface area contributed by atoms with E-state index in [-0.39, 0.29) is 22.4 Å². The van der Waals surface area contributed by atoms with E-state index in [0.717, 1.165) is 19.3 Å². The minimum Gasteiger partial charge on any atom is -0.366 e. The number of hydrogen-bond acceptors (Lipinski definition) is 4. The maximum Gasteiger partial charge on any atom is 0.248 e. The summed E-state index contributed by atoms with van der Waals surface area (Å²) in [6, 6.07) is 4.45. The summed E-state index contributed by atoms with van der Waals surface area (Å²) in [6.07, 6.45) is 5.33. The van der Waals surface area contributed by atoms with E-state index in [2.05, 4.69) is 11.3 Å². The van der Waals surface area contributed by atoms with Crippen molar-refractivity contribution in [3.05, 3.63) is 42.5 Å². The average Bonchev–Trinajstić information content (AvgIpc) is 2.61. The summed E-state index contributed by atoms with van der Waals surface area (Å²) in [5.41, 5.74) is 5.37. The van der Waals surface area contributed by atoms with Crippen LogP contribution in [0.1, 0.15) is 43.0 Å². The smallest absolute Gasteiger partial charge is 0.248 e. The molecule has 2 rings (SSSR count). The second-order valence-corrected chi connectivity index (χ2v) is 8.15. The van der Waals surface area contributed by atoms with Gasteiger partial charge in [0.2, 0.25) is 21.8 Å².